The van der Waals surface area contributed by atoms with Gasteiger partial charge < -0.3 is 5.32 Å². The van der Waals surface area contributed by atoms with Crippen molar-refractivity contribution in [3.63, 3.8) is 0 Å². The molecule has 0 amide bonds. The number of nitrogens with one attached hydrogen (secondary N) is 1. The van der Waals surface area contributed by atoms with E-state index in [-0.39, 0.29) is 0 Å². The van der Waals surface area contributed by atoms with Crippen molar-refractivity contribution in [2.45, 2.75) is 13.3 Å². The molecule has 0 spiro atoms. The van der Waals surface area contributed by atoms with Crippen LogP contribution in [-0.4, -0.2) is 12.8 Å². The lowest BCUT2D eigenvalue weighted by Gasteiger charge is -2.06. The monoisotopic (exact) mass is 160 g/mol. The summed E-state index contributed by atoms with van der Waals surface area (Å²) < 4.78 is 0. The molecule has 1 aromatic rings. The first-order valence-electron chi connectivity index (χ1n) is 4.24. The van der Waals surface area contributed by atoms with Gasteiger partial charge in [0.1, 0.15) is 0 Å². The van der Waals surface area contributed by atoms with Crippen molar-refractivity contribution in [1.82, 2.24) is 0 Å². The minimum atomic E-state index is 0.986. The van der Waals surface area contributed by atoms with E-state index in [1.807, 2.05) is 6.21 Å². The zero-order valence-corrected chi connectivity index (χ0v) is 7.17. The maximum Gasteiger partial charge on any atom is 0.0886 e. The van der Waals surface area contributed by atoms with Gasteiger partial charge in [-0.1, -0.05) is 12.1 Å². The van der Waals surface area contributed by atoms with E-state index in [0.29, 0.717) is 0 Å². The van der Waals surface area contributed by atoms with Gasteiger partial charge in [-0.05, 0) is 18.6 Å². The van der Waals surface area contributed by atoms with E-state index in [2.05, 4.69) is 35.4 Å². The predicted octanol–water partition coefficient (Wildman–Crippen LogP) is 2.51. The molecule has 2 heteroatoms. The molecule has 1 heterocycles. The third-order valence-corrected chi connectivity index (χ3v) is 2.05. The minimum absolute atomic E-state index is 0.986. The summed E-state index contributed by atoms with van der Waals surface area (Å²) >= 11 is 0. The maximum atomic E-state index is 4.40. The molecule has 12 heavy (non-hydrogen) atoms. The molecule has 2 nitrogen and oxygen atoms in total. The number of fused-ring (bicyclic) bond motifs is 1. The van der Waals surface area contributed by atoms with Gasteiger partial charge in [0.15, 0.2) is 0 Å². The molecule has 62 valence electrons. The standard InChI is InChI=1S/C10H12N2/c1-8-4-2-5-9-10(8)12-7-3-6-11-9/h2,4-5,7,11H,3,6H2,1H3. The predicted molar refractivity (Wildman–Crippen MR) is 52.4 cm³/mol. The van der Waals surface area contributed by atoms with Gasteiger partial charge in [-0.25, -0.2) is 0 Å². The molecule has 0 bridgehead atoms. The normalized spacial score (nSPS) is 14.8. The Kier molecular flexibility index (Phi) is 1.82. The first-order valence-corrected chi connectivity index (χ1v) is 4.24. The van der Waals surface area contributed by atoms with Crippen molar-refractivity contribution in [3.8, 4) is 0 Å². The van der Waals surface area contributed by atoms with Gasteiger partial charge in [-0.15, -0.1) is 0 Å². The Labute approximate surface area is 72.3 Å². The number of nitrogens with zero attached hydrogens (tertiary/aromatic N) is 1. The van der Waals surface area contributed by atoms with Crippen molar-refractivity contribution in [3.05, 3.63) is 23.8 Å². The van der Waals surface area contributed by atoms with Gasteiger partial charge >= 0.3 is 0 Å². The number of para-hydroxylation sites is 1. The summed E-state index contributed by atoms with van der Waals surface area (Å²) in [5, 5.41) is 3.34. The van der Waals surface area contributed by atoms with Crippen molar-refractivity contribution >= 4 is 17.6 Å². The van der Waals surface area contributed by atoms with Crippen LogP contribution in [0.15, 0.2) is 23.2 Å². The third-order valence-electron chi connectivity index (χ3n) is 2.05. The van der Waals surface area contributed by atoms with Crippen LogP contribution in [0.5, 0.6) is 0 Å². The second kappa shape index (κ2) is 2.97. The molecule has 2 rings (SSSR count). The third kappa shape index (κ3) is 1.20. The van der Waals surface area contributed by atoms with Crippen molar-refractivity contribution in [1.29, 1.82) is 0 Å². The van der Waals surface area contributed by atoms with E-state index in [0.717, 1.165) is 24.3 Å². The molecule has 0 atom stereocenters. The molecule has 1 aromatic carbocycles. The first-order chi connectivity index (χ1) is 5.88. The van der Waals surface area contributed by atoms with Crippen molar-refractivity contribution < 1.29 is 0 Å². The quantitative estimate of drug-likeness (QED) is 0.619. The zero-order chi connectivity index (χ0) is 8.39. The lowest BCUT2D eigenvalue weighted by atomic mass is 10.2. The molecule has 1 aliphatic heterocycles. The van der Waals surface area contributed by atoms with Gasteiger partial charge in [0, 0.05) is 19.2 Å². The Balaban J connectivity index is 2.53. The van der Waals surface area contributed by atoms with E-state index < -0.39 is 0 Å². The molecule has 1 aliphatic rings. The molecule has 0 unspecified atom stereocenters. The van der Waals surface area contributed by atoms with Crippen LogP contribution in [-0.2, 0) is 0 Å². The van der Waals surface area contributed by atoms with Crippen LogP contribution in [0.3, 0.4) is 0 Å². The Bertz CT molecular complexity index is 316. The molecule has 0 aromatic heterocycles. The molecule has 0 fully saturated rings. The summed E-state index contributed by atoms with van der Waals surface area (Å²) in [6.07, 6.45) is 2.99. The number of anilines is 1. The molecular formula is C10H12N2. The number of hydrogen-bond donors (Lipinski definition) is 1. The molecule has 0 aliphatic carbocycles. The number of rotatable bonds is 0. The average Bonchev–Trinajstić information content (AvgIpc) is 2.30. The fourth-order valence-electron chi connectivity index (χ4n) is 1.40. The summed E-state index contributed by atoms with van der Waals surface area (Å²) in [6.45, 7) is 3.07. The Hall–Kier alpha value is -1.31. The van der Waals surface area contributed by atoms with Crippen LogP contribution in [0.2, 0.25) is 0 Å². The highest BCUT2D eigenvalue weighted by molar-refractivity contribution is 5.77. The van der Waals surface area contributed by atoms with E-state index in [4.69, 9.17) is 0 Å². The molecule has 1 N–H and O–H groups in total. The van der Waals surface area contributed by atoms with E-state index in [1.165, 1.54) is 5.56 Å². The highest BCUT2D eigenvalue weighted by Crippen LogP contribution is 2.29. The van der Waals surface area contributed by atoms with Gasteiger partial charge in [0.25, 0.3) is 0 Å². The fraction of sp³-hybridized carbons (Fsp3) is 0.300. The highest BCUT2D eigenvalue weighted by Gasteiger charge is 2.04. The minimum Gasteiger partial charge on any atom is -0.383 e. The summed E-state index contributed by atoms with van der Waals surface area (Å²) in [4.78, 5) is 4.40. The highest BCUT2D eigenvalue weighted by atomic mass is 14.9. The number of aliphatic imine (C=N–C) groups is 1. The topological polar surface area (TPSA) is 24.4 Å². The van der Waals surface area contributed by atoms with E-state index in [1.54, 1.807) is 0 Å². The number of aryl methyl sites for hydroxylation is 1. The van der Waals surface area contributed by atoms with Gasteiger partial charge in [-0.2, -0.15) is 0 Å². The smallest absolute Gasteiger partial charge is 0.0886 e. The maximum absolute atomic E-state index is 4.40. The molecular weight excluding hydrogens is 148 g/mol. The van der Waals surface area contributed by atoms with Crippen LogP contribution in [0.4, 0.5) is 11.4 Å². The second-order valence-electron chi connectivity index (χ2n) is 3.00. The van der Waals surface area contributed by atoms with Gasteiger partial charge in [0.2, 0.25) is 0 Å². The van der Waals surface area contributed by atoms with E-state index in [9.17, 15) is 0 Å². The first kappa shape index (κ1) is 7.35. The lowest BCUT2D eigenvalue weighted by molar-refractivity contribution is 1.14. The largest absolute Gasteiger partial charge is 0.383 e. The second-order valence-corrected chi connectivity index (χ2v) is 3.00. The number of benzene rings is 1. The fourth-order valence-corrected chi connectivity index (χ4v) is 1.40. The van der Waals surface area contributed by atoms with Crippen molar-refractivity contribution in [2.24, 2.45) is 4.99 Å². The molecule has 0 saturated heterocycles. The Morgan fingerprint density at radius 2 is 2.33 bits per heavy atom. The Morgan fingerprint density at radius 3 is 3.25 bits per heavy atom. The number of hydrogen-bond acceptors (Lipinski definition) is 2. The summed E-state index contributed by atoms with van der Waals surface area (Å²) in [5.74, 6) is 0. The van der Waals surface area contributed by atoms with Crippen molar-refractivity contribution in [2.75, 3.05) is 11.9 Å². The SMILES string of the molecule is Cc1cccc2c1N=CCCN2. The average molecular weight is 160 g/mol. The van der Waals surface area contributed by atoms with Crippen LogP contribution in [0, 0.1) is 6.92 Å². The lowest BCUT2D eigenvalue weighted by Crippen LogP contribution is -1.99. The van der Waals surface area contributed by atoms with Gasteiger partial charge in [-0.3, -0.25) is 4.99 Å². The summed E-state index contributed by atoms with van der Waals surface area (Å²) in [6, 6.07) is 6.22. The molecule has 0 radical (unpaired) electrons. The van der Waals surface area contributed by atoms with Crippen LogP contribution in [0.25, 0.3) is 0 Å². The van der Waals surface area contributed by atoms with E-state index >= 15 is 0 Å². The van der Waals surface area contributed by atoms with Gasteiger partial charge in [0.05, 0.1) is 11.4 Å². The van der Waals surface area contributed by atoms with Crippen LogP contribution in [0.1, 0.15) is 12.0 Å². The van der Waals surface area contributed by atoms with Crippen LogP contribution < -0.4 is 5.32 Å². The zero-order valence-electron chi connectivity index (χ0n) is 7.17. The summed E-state index contributed by atoms with van der Waals surface area (Å²) in [7, 11) is 0. The van der Waals surface area contributed by atoms with Crippen LogP contribution >= 0.6 is 0 Å². The summed E-state index contributed by atoms with van der Waals surface area (Å²) in [5.41, 5.74) is 3.48. The molecule has 0 saturated carbocycles. The Morgan fingerprint density at radius 1 is 1.42 bits per heavy atom.